The van der Waals surface area contributed by atoms with Gasteiger partial charge in [-0.1, -0.05) is 18.2 Å². The van der Waals surface area contributed by atoms with E-state index in [1.807, 2.05) is 49.6 Å². The van der Waals surface area contributed by atoms with Crippen molar-refractivity contribution in [2.45, 2.75) is 13.8 Å². The molecule has 0 fully saturated rings. The monoisotopic (exact) mass is 313 g/mol. The van der Waals surface area contributed by atoms with E-state index in [2.05, 4.69) is 4.98 Å². The summed E-state index contributed by atoms with van der Waals surface area (Å²) in [5, 5.41) is 1.85. The van der Waals surface area contributed by atoms with Crippen LogP contribution in [0.4, 0.5) is 5.69 Å². The topological polar surface area (TPSA) is 54.7 Å². The molecule has 6 heteroatoms. The van der Waals surface area contributed by atoms with Crippen LogP contribution in [0.3, 0.4) is 0 Å². The van der Waals surface area contributed by atoms with Gasteiger partial charge in [0.2, 0.25) is 0 Å². The molecule has 5 nitrogen and oxygen atoms in total. The molecule has 0 aliphatic heterocycles. The normalized spacial score (nSPS) is 10.8. The second kappa shape index (κ2) is 5.73. The summed E-state index contributed by atoms with van der Waals surface area (Å²) in [5.74, 6) is -0.328. The molecular weight excluding hydrogens is 298 g/mol. The van der Waals surface area contributed by atoms with E-state index in [1.54, 1.807) is 4.90 Å². The Kier molecular flexibility index (Phi) is 3.77. The number of para-hydroxylation sites is 1. The van der Waals surface area contributed by atoms with Crippen LogP contribution >= 0.6 is 11.3 Å². The van der Waals surface area contributed by atoms with Crippen molar-refractivity contribution in [1.82, 2.24) is 9.38 Å². The molecule has 2 aromatic heterocycles. The standard InChI is InChI=1S/C16H15N3O2S/c1-3-18(12-7-5-4-6-8-12)14(20)13-9-17-16-19(15(13)21)11(2)10-22-16/h4-10H,3H2,1-2H3. The number of hydrogen-bond acceptors (Lipinski definition) is 4. The lowest BCUT2D eigenvalue weighted by atomic mass is 10.2. The third kappa shape index (κ3) is 2.31. The van der Waals surface area contributed by atoms with Crippen LogP contribution in [0.5, 0.6) is 0 Å². The van der Waals surface area contributed by atoms with E-state index in [4.69, 9.17) is 0 Å². The van der Waals surface area contributed by atoms with Gasteiger partial charge in [0.1, 0.15) is 5.56 Å². The van der Waals surface area contributed by atoms with Crippen LogP contribution in [0.1, 0.15) is 23.0 Å². The van der Waals surface area contributed by atoms with Gasteiger partial charge in [-0.15, -0.1) is 11.3 Å². The molecule has 0 atom stereocenters. The second-order valence-electron chi connectivity index (χ2n) is 4.86. The van der Waals surface area contributed by atoms with Crippen molar-refractivity contribution in [3.63, 3.8) is 0 Å². The Balaban J connectivity index is 2.10. The van der Waals surface area contributed by atoms with Gasteiger partial charge in [-0.2, -0.15) is 0 Å². The summed E-state index contributed by atoms with van der Waals surface area (Å²) in [5.41, 5.74) is 1.32. The molecule has 0 saturated heterocycles. The van der Waals surface area contributed by atoms with Crippen molar-refractivity contribution in [2.24, 2.45) is 0 Å². The van der Waals surface area contributed by atoms with Gasteiger partial charge < -0.3 is 4.90 Å². The van der Waals surface area contributed by atoms with Crippen LogP contribution in [-0.4, -0.2) is 21.8 Å². The highest BCUT2D eigenvalue weighted by Crippen LogP contribution is 2.16. The molecule has 0 bridgehead atoms. The van der Waals surface area contributed by atoms with Gasteiger partial charge in [0.05, 0.1) is 0 Å². The summed E-state index contributed by atoms with van der Waals surface area (Å²) >= 11 is 1.39. The summed E-state index contributed by atoms with van der Waals surface area (Å²) in [6.45, 7) is 4.19. The first-order valence-electron chi connectivity index (χ1n) is 6.96. The molecule has 0 radical (unpaired) electrons. The molecule has 3 aromatic rings. The Bertz CT molecular complexity index is 883. The van der Waals surface area contributed by atoms with E-state index in [1.165, 1.54) is 21.9 Å². The Morgan fingerprint density at radius 3 is 2.73 bits per heavy atom. The smallest absolute Gasteiger partial charge is 0.271 e. The minimum Gasteiger partial charge on any atom is -0.308 e. The molecule has 0 aliphatic rings. The number of aromatic nitrogens is 2. The number of amides is 1. The van der Waals surface area contributed by atoms with E-state index >= 15 is 0 Å². The zero-order valence-corrected chi connectivity index (χ0v) is 13.1. The lowest BCUT2D eigenvalue weighted by Gasteiger charge is -2.20. The number of carbonyl (C=O) groups excluding carboxylic acids is 1. The molecule has 0 unspecified atom stereocenters. The van der Waals surface area contributed by atoms with E-state index < -0.39 is 0 Å². The summed E-state index contributed by atoms with van der Waals surface area (Å²) in [7, 11) is 0. The molecule has 1 aromatic carbocycles. The van der Waals surface area contributed by atoms with Crippen LogP contribution in [-0.2, 0) is 0 Å². The van der Waals surface area contributed by atoms with Crippen LogP contribution in [0.2, 0.25) is 0 Å². The molecular formula is C16H15N3O2S. The van der Waals surface area contributed by atoms with E-state index in [0.29, 0.717) is 11.5 Å². The average Bonchev–Trinajstić information content (AvgIpc) is 2.91. The lowest BCUT2D eigenvalue weighted by Crippen LogP contribution is -2.35. The largest absolute Gasteiger partial charge is 0.308 e. The van der Waals surface area contributed by atoms with Crippen molar-refractivity contribution in [2.75, 3.05) is 11.4 Å². The maximum absolute atomic E-state index is 12.8. The first kappa shape index (κ1) is 14.5. The van der Waals surface area contributed by atoms with Crippen molar-refractivity contribution < 1.29 is 4.79 Å². The predicted molar refractivity (Wildman–Crippen MR) is 87.9 cm³/mol. The molecule has 0 aliphatic carbocycles. The average molecular weight is 313 g/mol. The first-order chi connectivity index (χ1) is 10.6. The van der Waals surface area contributed by atoms with Crippen molar-refractivity contribution in [1.29, 1.82) is 0 Å². The molecule has 22 heavy (non-hydrogen) atoms. The predicted octanol–water partition coefficient (Wildman–Crippen LogP) is 2.73. The van der Waals surface area contributed by atoms with Gasteiger partial charge in [0.25, 0.3) is 11.5 Å². The van der Waals surface area contributed by atoms with Crippen molar-refractivity contribution >= 4 is 27.9 Å². The van der Waals surface area contributed by atoms with E-state index in [-0.39, 0.29) is 17.0 Å². The lowest BCUT2D eigenvalue weighted by molar-refractivity contribution is 0.0986. The number of anilines is 1. The summed E-state index contributed by atoms with van der Waals surface area (Å²) in [4.78, 5) is 31.7. The second-order valence-corrected chi connectivity index (χ2v) is 5.69. The third-order valence-electron chi connectivity index (χ3n) is 3.48. The van der Waals surface area contributed by atoms with Crippen LogP contribution in [0.15, 0.2) is 46.7 Å². The van der Waals surface area contributed by atoms with Crippen LogP contribution in [0.25, 0.3) is 4.96 Å². The van der Waals surface area contributed by atoms with Crippen LogP contribution in [0, 0.1) is 6.92 Å². The molecule has 0 saturated carbocycles. The van der Waals surface area contributed by atoms with Crippen molar-refractivity contribution in [3.8, 4) is 0 Å². The van der Waals surface area contributed by atoms with Gasteiger partial charge in [-0.05, 0) is 26.0 Å². The third-order valence-corrected chi connectivity index (χ3v) is 4.43. The number of benzene rings is 1. The summed E-state index contributed by atoms with van der Waals surface area (Å²) < 4.78 is 1.48. The fourth-order valence-electron chi connectivity index (χ4n) is 2.37. The van der Waals surface area contributed by atoms with E-state index in [9.17, 15) is 9.59 Å². The molecule has 0 N–H and O–H groups in total. The van der Waals surface area contributed by atoms with E-state index in [0.717, 1.165) is 11.4 Å². The maximum atomic E-state index is 12.8. The first-order valence-corrected chi connectivity index (χ1v) is 7.84. The zero-order valence-electron chi connectivity index (χ0n) is 12.3. The number of fused-ring (bicyclic) bond motifs is 1. The summed E-state index contributed by atoms with van der Waals surface area (Å²) in [6, 6.07) is 9.31. The van der Waals surface area contributed by atoms with Crippen LogP contribution < -0.4 is 10.5 Å². The number of nitrogens with zero attached hydrogens (tertiary/aromatic N) is 3. The molecule has 3 rings (SSSR count). The molecule has 1 amide bonds. The van der Waals surface area contributed by atoms with Gasteiger partial charge >= 0.3 is 0 Å². The number of hydrogen-bond donors (Lipinski definition) is 0. The quantitative estimate of drug-likeness (QED) is 0.747. The summed E-state index contributed by atoms with van der Waals surface area (Å²) in [6.07, 6.45) is 1.38. The van der Waals surface area contributed by atoms with Gasteiger partial charge in [0, 0.05) is 29.5 Å². The highest BCUT2D eigenvalue weighted by molar-refractivity contribution is 7.15. The Hall–Kier alpha value is -2.47. The van der Waals surface area contributed by atoms with Gasteiger partial charge in [-0.3, -0.25) is 14.0 Å². The molecule has 0 spiro atoms. The number of rotatable bonds is 3. The highest BCUT2D eigenvalue weighted by Gasteiger charge is 2.21. The highest BCUT2D eigenvalue weighted by atomic mass is 32.1. The number of aryl methyl sites for hydroxylation is 1. The Morgan fingerprint density at radius 2 is 2.05 bits per heavy atom. The molecule has 2 heterocycles. The zero-order chi connectivity index (χ0) is 15.7. The number of thiazole rings is 1. The molecule has 112 valence electrons. The Labute approximate surface area is 131 Å². The Morgan fingerprint density at radius 1 is 1.32 bits per heavy atom. The number of carbonyl (C=O) groups is 1. The maximum Gasteiger partial charge on any atom is 0.271 e. The fourth-order valence-corrected chi connectivity index (χ4v) is 3.20. The van der Waals surface area contributed by atoms with Gasteiger partial charge in [0.15, 0.2) is 4.96 Å². The fraction of sp³-hybridized carbons (Fsp3) is 0.188. The minimum atomic E-state index is -0.328. The SMILES string of the molecule is CCN(C(=O)c1cnc2scc(C)n2c1=O)c1ccccc1. The van der Waals surface area contributed by atoms with Gasteiger partial charge in [-0.25, -0.2) is 4.98 Å². The minimum absolute atomic E-state index is 0.0877. The van der Waals surface area contributed by atoms with Crippen molar-refractivity contribution in [3.05, 3.63) is 63.5 Å².